The Morgan fingerprint density at radius 3 is 2.75 bits per heavy atom. The molecular weight excluding hydrogens is 257 g/mol. The highest BCUT2D eigenvalue weighted by Crippen LogP contribution is 2.35. The molecule has 0 radical (unpaired) electrons. The van der Waals surface area contributed by atoms with Gasteiger partial charge in [0.25, 0.3) is 0 Å². The van der Waals surface area contributed by atoms with Gasteiger partial charge in [-0.1, -0.05) is 18.2 Å². The lowest BCUT2D eigenvalue weighted by Crippen LogP contribution is -2.26. The molecule has 2 aromatic carbocycles. The molecule has 1 N–H and O–H groups in total. The predicted octanol–water partition coefficient (Wildman–Crippen LogP) is 3.61. The molecule has 0 saturated heterocycles. The summed E-state index contributed by atoms with van der Waals surface area (Å²) in [6.45, 7) is 0.739. The normalized spacial score (nSPS) is 13.9. The van der Waals surface area contributed by atoms with E-state index in [0.717, 1.165) is 31.1 Å². The van der Waals surface area contributed by atoms with Gasteiger partial charge < -0.3 is 10.0 Å². The molecule has 3 nitrogen and oxygen atoms in total. The first-order valence-corrected chi connectivity index (χ1v) is 6.55. The van der Waals surface area contributed by atoms with Crippen molar-refractivity contribution in [3.8, 4) is 0 Å². The molecule has 1 aliphatic rings. The van der Waals surface area contributed by atoms with Gasteiger partial charge in [0.2, 0.25) is 0 Å². The van der Waals surface area contributed by atoms with Crippen LogP contribution in [0.3, 0.4) is 0 Å². The number of hydrogen-bond acceptors (Lipinski definition) is 2. The number of aromatic carboxylic acids is 1. The maximum absolute atomic E-state index is 13.3. The lowest BCUT2D eigenvalue weighted by Gasteiger charge is -2.32. The molecule has 1 aliphatic heterocycles. The molecule has 0 aliphatic carbocycles. The molecule has 4 heteroatoms. The molecular formula is C16H14FNO2. The van der Waals surface area contributed by atoms with E-state index in [1.807, 2.05) is 29.2 Å². The van der Waals surface area contributed by atoms with E-state index < -0.39 is 11.8 Å². The first kappa shape index (κ1) is 12.7. The van der Waals surface area contributed by atoms with Crippen LogP contribution in [0.25, 0.3) is 0 Å². The van der Waals surface area contributed by atoms with E-state index in [1.54, 1.807) is 6.07 Å². The Labute approximate surface area is 116 Å². The van der Waals surface area contributed by atoms with Gasteiger partial charge in [0.05, 0.1) is 11.3 Å². The summed E-state index contributed by atoms with van der Waals surface area (Å²) in [6.07, 6.45) is 1.93. The number of nitrogens with zero attached hydrogens (tertiary/aromatic N) is 1. The summed E-state index contributed by atoms with van der Waals surface area (Å²) in [5.74, 6) is -1.64. The van der Waals surface area contributed by atoms with E-state index in [9.17, 15) is 14.3 Å². The highest BCUT2D eigenvalue weighted by atomic mass is 19.1. The van der Waals surface area contributed by atoms with E-state index >= 15 is 0 Å². The molecule has 3 rings (SSSR count). The fourth-order valence-corrected chi connectivity index (χ4v) is 2.70. The van der Waals surface area contributed by atoms with Gasteiger partial charge in [0.1, 0.15) is 5.82 Å². The van der Waals surface area contributed by atoms with Crippen LogP contribution >= 0.6 is 0 Å². The summed E-state index contributed by atoms with van der Waals surface area (Å²) in [5, 5.41) is 9.28. The average molecular weight is 271 g/mol. The SMILES string of the molecule is O=C(O)c1cc(F)ccc1N1CCCc2ccccc21. The minimum absolute atomic E-state index is 0.00158. The van der Waals surface area contributed by atoms with Gasteiger partial charge in [-0.3, -0.25) is 0 Å². The molecule has 102 valence electrons. The zero-order valence-corrected chi connectivity index (χ0v) is 10.8. The molecule has 0 spiro atoms. The number of hydrogen-bond donors (Lipinski definition) is 1. The predicted molar refractivity (Wildman–Crippen MR) is 75.1 cm³/mol. The highest BCUT2D eigenvalue weighted by molar-refractivity contribution is 5.96. The zero-order chi connectivity index (χ0) is 14.1. The largest absolute Gasteiger partial charge is 0.478 e. The number of carboxylic acids is 1. The van der Waals surface area contributed by atoms with Crippen molar-refractivity contribution in [2.24, 2.45) is 0 Å². The van der Waals surface area contributed by atoms with Crippen molar-refractivity contribution in [2.45, 2.75) is 12.8 Å². The van der Waals surface area contributed by atoms with Gasteiger partial charge in [0, 0.05) is 12.2 Å². The fourth-order valence-electron chi connectivity index (χ4n) is 2.70. The minimum atomic E-state index is -1.11. The van der Waals surface area contributed by atoms with E-state index in [4.69, 9.17) is 0 Å². The lowest BCUT2D eigenvalue weighted by molar-refractivity contribution is 0.0697. The molecule has 20 heavy (non-hydrogen) atoms. The Kier molecular flexibility index (Phi) is 3.14. The second kappa shape index (κ2) is 4.96. The Bertz CT molecular complexity index is 669. The molecule has 0 fully saturated rings. The average Bonchev–Trinajstić information content (AvgIpc) is 2.46. The minimum Gasteiger partial charge on any atom is -0.478 e. The number of rotatable bonds is 2. The van der Waals surface area contributed by atoms with Crippen molar-refractivity contribution in [3.05, 3.63) is 59.4 Å². The molecule has 2 aromatic rings. The van der Waals surface area contributed by atoms with Gasteiger partial charge >= 0.3 is 5.97 Å². The topological polar surface area (TPSA) is 40.5 Å². The van der Waals surface area contributed by atoms with E-state index in [0.29, 0.717) is 5.69 Å². The Hall–Kier alpha value is -2.36. The molecule has 1 heterocycles. The van der Waals surface area contributed by atoms with Gasteiger partial charge in [-0.15, -0.1) is 0 Å². The number of carboxylic acid groups (broad SMARTS) is 1. The highest BCUT2D eigenvalue weighted by Gasteiger charge is 2.22. The van der Waals surface area contributed by atoms with Crippen molar-refractivity contribution < 1.29 is 14.3 Å². The van der Waals surface area contributed by atoms with Crippen LogP contribution in [-0.4, -0.2) is 17.6 Å². The Balaban J connectivity index is 2.13. The summed E-state index contributed by atoms with van der Waals surface area (Å²) in [6, 6.07) is 11.9. The van der Waals surface area contributed by atoms with E-state index in [-0.39, 0.29) is 5.56 Å². The first-order valence-electron chi connectivity index (χ1n) is 6.55. The monoisotopic (exact) mass is 271 g/mol. The van der Waals surface area contributed by atoms with Crippen molar-refractivity contribution >= 4 is 17.3 Å². The molecule has 0 atom stereocenters. The molecule has 0 saturated carbocycles. The third-order valence-corrected chi connectivity index (χ3v) is 3.59. The maximum Gasteiger partial charge on any atom is 0.337 e. The van der Waals surface area contributed by atoms with Crippen LogP contribution in [-0.2, 0) is 6.42 Å². The van der Waals surface area contributed by atoms with Gasteiger partial charge in [0.15, 0.2) is 0 Å². The van der Waals surface area contributed by atoms with Crippen molar-refractivity contribution in [2.75, 3.05) is 11.4 Å². The van der Waals surface area contributed by atoms with Crippen molar-refractivity contribution in [3.63, 3.8) is 0 Å². The van der Waals surface area contributed by atoms with Crippen LogP contribution in [0.2, 0.25) is 0 Å². The van der Waals surface area contributed by atoms with Crippen LogP contribution in [0.5, 0.6) is 0 Å². The number of carbonyl (C=O) groups is 1. The number of fused-ring (bicyclic) bond motifs is 1. The number of halogens is 1. The smallest absolute Gasteiger partial charge is 0.337 e. The summed E-state index contributed by atoms with van der Waals surface area (Å²) in [4.78, 5) is 13.3. The first-order chi connectivity index (χ1) is 9.66. The summed E-state index contributed by atoms with van der Waals surface area (Å²) in [7, 11) is 0. The van der Waals surface area contributed by atoms with Crippen LogP contribution in [0, 0.1) is 5.82 Å². The summed E-state index contributed by atoms with van der Waals surface area (Å²) in [5.41, 5.74) is 2.75. The van der Waals surface area contributed by atoms with Crippen LogP contribution in [0.15, 0.2) is 42.5 Å². The Morgan fingerprint density at radius 2 is 1.95 bits per heavy atom. The second-order valence-corrected chi connectivity index (χ2v) is 4.85. The van der Waals surface area contributed by atoms with Crippen LogP contribution in [0.1, 0.15) is 22.3 Å². The number of benzene rings is 2. The molecule has 0 amide bonds. The van der Waals surface area contributed by atoms with Gasteiger partial charge in [-0.25, -0.2) is 9.18 Å². The standard InChI is InChI=1S/C16H14FNO2/c17-12-7-8-15(13(10-12)16(19)20)18-9-3-5-11-4-1-2-6-14(11)18/h1-2,4,6-8,10H,3,5,9H2,(H,19,20). The van der Waals surface area contributed by atoms with Crippen molar-refractivity contribution in [1.29, 1.82) is 0 Å². The lowest BCUT2D eigenvalue weighted by atomic mass is 10.00. The van der Waals surface area contributed by atoms with Gasteiger partial charge in [-0.2, -0.15) is 0 Å². The van der Waals surface area contributed by atoms with Crippen LogP contribution in [0.4, 0.5) is 15.8 Å². The Morgan fingerprint density at radius 1 is 1.15 bits per heavy atom. The summed E-state index contributed by atoms with van der Waals surface area (Å²) < 4.78 is 13.3. The van der Waals surface area contributed by atoms with E-state index in [2.05, 4.69) is 0 Å². The quantitative estimate of drug-likeness (QED) is 0.907. The van der Waals surface area contributed by atoms with Gasteiger partial charge in [-0.05, 0) is 42.7 Å². The second-order valence-electron chi connectivity index (χ2n) is 4.85. The molecule has 0 aromatic heterocycles. The number of para-hydroxylation sites is 1. The fraction of sp³-hybridized carbons (Fsp3) is 0.188. The van der Waals surface area contributed by atoms with Crippen molar-refractivity contribution in [1.82, 2.24) is 0 Å². The number of aryl methyl sites for hydroxylation is 1. The van der Waals surface area contributed by atoms with E-state index in [1.165, 1.54) is 11.6 Å². The third-order valence-electron chi connectivity index (χ3n) is 3.59. The maximum atomic E-state index is 13.3. The molecule has 0 bridgehead atoms. The van der Waals surface area contributed by atoms with Crippen LogP contribution < -0.4 is 4.90 Å². The zero-order valence-electron chi connectivity index (χ0n) is 10.8. The summed E-state index contributed by atoms with van der Waals surface area (Å²) >= 11 is 0. The molecule has 0 unspecified atom stereocenters. The third kappa shape index (κ3) is 2.13. The number of anilines is 2.